The van der Waals surface area contributed by atoms with Gasteiger partial charge < -0.3 is 4.74 Å². The minimum Gasteiger partial charge on any atom is -0.477 e. The van der Waals surface area contributed by atoms with Gasteiger partial charge in [0, 0.05) is 17.2 Å². The predicted molar refractivity (Wildman–Crippen MR) is 129 cm³/mol. The minimum absolute atomic E-state index is 0.00468. The van der Waals surface area contributed by atoms with E-state index in [9.17, 15) is 26.4 Å². The van der Waals surface area contributed by atoms with Crippen LogP contribution in [0.2, 0.25) is 5.02 Å². The van der Waals surface area contributed by atoms with Gasteiger partial charge in [-0.05, 0) is 36.6 Å². The van der Waals surface area contributed by atoms with Gasteiger partial charge in [-0.1, -0.05) is 50.8 Å². The Hall–Kier alpha value is -2.53. The lowest BCUT2D eigenvalue weighted by molar-refractivity contribution is -0.137. The topological polar surface area (TPSA) is 90.3 Å². The maximum Gasteiger partial charge on any atom is 0.416 e. The minimum atomic E-state index is -4.52. The Kier molecular flexibility index (Phi) is 10.6. The number of amides is 1. The van der Waals surface area contributed by atoms with Crippen molar-refractivity contribution >= 4 is 33.6 Å². The molecule has 2 aromatic rings. The zero-order chi connectivity index (χ0) is 26.1. The van der Waals surface area contributed by atoms with Crippen molar-refractivity contribution in [3.8, 4) is 5.88 Å². The summed E-state index contributed by atoms with van der Waals surface area (Å²) in [5.74, 6) is -0.718. The smallest absolute Gasteiger partial charge is 0.416 e. The first-order chi connectivity index (χ1) is 16.4. The molecule has 1 heterocycles. The number of rotatable bonds is 13. The van der Waals surface area contributed by atoms with Gasteiger partial charge >= 0.3 is 6.18 Å². The first kappa shape index (κ1) is 28.7. The third-order valence-electron chi connectivity index (χ3n) is 4.92. The number of nitrogens with zero attached hydrogens (tertiary/aromatic N) is 2. The maximum absolute atomic E-state index is 12.9. The zero-order valence-corrected chi connectivity index (χ0v) is 21.1. The number of aromatic nitrogens is 2. The number of carbonyl (C=O) groups is 1. The van der Waals surface area contributed by atoms with E-state index in [1.165, 1.54) is 16.8 Å². The van der Waals surface area contributed by atoms with Crippen LogP contribution in [0.3, 0.4) is 0 Å². The quantitative estimate of drug-likeness (QED) is 0.273. The molecule has 2 rings (SSSR count). The van der Waals surface area contributed by atoms with Crippen molar-refractivity contribution in [2.75, 3.05) is 12.4 Å². The number of hydrogen-bond acceptors (Lipinski definition) is 5. The Labute approximate surface area is 208 Å². The van der Waals surface area contributed by atoms with Crippen LogP contribution in [0.25, 0.3) is 6.08 Å². The summed E-state index contributed by atoms with van der Waals surface area (Å²) in [5, 5.41) is 4.22. The molecule has 0 radical (unpaired) electrons. The summed E-state index contributed by atoms with van der Waals surface area (Å²) in [4.78, 5) is 12.2. The molecule has 0 fully saturated rings. The van der Waals surface area contributed by atoms with Crippen molar-refractivity contribution in [2.45, 2.75) is 58.7 Å². The number of carbonyl (C=O) groups excluding carboxylic acids is 1. The molecule has 0 aliphatic heterocycles. The van der Waals surface area contributed by atoms with Crippen LogP contribution in [-0.4, -0.2) is 36.5 Å². The fourth-order valence-electron chi connectivity index (χ4n) is 3.01. The molecular formula is C23H29ClF3N3O4S. The first-order valence-electron chi connectivity index (χ1n) is 11.2. The molecule has 35 heavy (non-hydrogen) atoms. The Bertz CT molecular complexity index is 1130. The SMILES string of the molecule is CCCCCS(=O)(=O)NC(=O)/C=C/c1cc(OCCCC)nn1Cc1ccc(C(F)(F)F)cc1Cl. The van der Waals surface area contributed by atoms with Gasteiger partial charge in [0.1, 0.15) is 0 Å². The van der Waals surface area contributed by atoms with Gasteiger partial charge in [0.15, 0.2) is 0 Å². The summed E-state index contributed by atoms with van der Waals surface area (Å²) in [7, 11) is -3.75. The zero-order valence-electron chi connectivity index (χ0n) is 19.6. The second kappa shape index (κ2) is 13.0. The van der Waals surface area contributed by atoms with Gasteiger partial charge in [-0.3, -0.25) is 9.48 Å². The maximum atomic E-state index is 12.9. The molecule has 0 aliphatic carbocycles. The van der Waals surface area contributed by atoms with E-state index in [-0.39, 0.29) is 23.2 Å². The van der Waals surface area contributed by atoms with Crippen molar-refractivity contribution in [2.24, 2.45) is 0 Å². The molecule has 0 aliphatic rings. The van der Waals surface area contributed by atoms with Gasteiger partial charge in [-0.15, -0.1) is 5.10 Å². The number of benzene rings is 1. The molecule has 0 atom stereocenters. The monoisotopic (exact) mass is 535 g/mol. The van der Waals surface area contributed by atoms with Crippen LogP contribution in [0, 0.1) is 0 Å². The lowest BCUT2D eigenvalue weighted by atomic mass is 10.1. The lowest BCUT2D eigenvalue weighted by Crippen LogP contribution is -2.31. The first-order valence-corrected chi connectivity index (χ1v) is 13.3. The largest absolute Gasteiger partial charge is 0.477 e. The highest BCUT2D eigenvalue weighted by atomic mass is 35.5. The van der Waals surface area contributed by atoms with Gasteiger partial charge in [-0.25, -0.2) is 13.1 Å². The second-order valence-electron chi connectivity index (χ2n) is 7.90. The summed E-state index contributed by atoms with van der Waals surface area (Å²) in [6.45, 7) is 4.35. The van der Waals surface area contributed by atoms with Crippen LogP contribution in [0.15, 0.2) is 30.3 Å². The van der Waals surface area contributed by atoms with E-state index < -0.39 is 27.7 Å². The molecule has 1 aromatic heterocycles. The highest BCUT2D eigenvalue weighted by Gasteiger charge is 2.31. The predicted octanol–water partition coefficient (Wildman–Crippen LogP) is 5.43. The second-order valence-corrected chi connectivity index (χ2v) is 10.1. The van der Waals surface area contributed by atoms with Crippen LogP contribution in [0.5, 0.6) is 5.88 Å². The van der Waals surface area contributed by atoms with Gasteiger partial charge in [-0.2, -0.15) is 13.2 Å². The van der Waals surface area contributed by atoms with E-state index in [1.807, 2.05) is 18.6 Å². The Morgan fingerprint density at radius 3 is 2.51 bits per heavy atom. The number of nitrogens with one attached hydrogen (secondary N) is 1. The van der Waals surface area contributed by atoms with Crippen LogP contribution in [-0.2, 0) is 27.5 Å². The van der Waals surface area contributed by atoms with E-state index in [4.69, 9.17) is 16.3 Å². The van der Waals surface area contributed by atoms with Crippen LogP contribution >= 0.6 is 11.6 Å². The van der Waals surface area contributed by atoms with Gasteiger partial charge in [0.25, 0.3) is 5.91 Å². The highest BCUT2D eigenvalue weighted by molar-refractivity contribution is 7.90. The molecule has 12 heteroatoms. The number of hydrogen-bond donors (Lipinski definition) is 1. The standard InChI is InChI=1S/C23H29ClF3N3O4S/c1-3-5-7-13-35(32,33)29-21(31)11-10-19-15-22(34-12-6-4-2)28-30(19)16-17-8-9-18(14-20(17)24)23(25,26)27/h8-11,14-15H,3-7,12-13,16H2,1-2H3,(H,29,31)/b11-10+. The van der Waals surface area contributed by atoms with Crippen molar-refractivity contribution in [3.63, 3.8) is 0 Å². The van der Waals surface area contributed by atoms with Crippen molar-refractivity contribution in [3.05, 3.63) is 52.2 Å². The number of halogens is 4. The fourth-order valence-corrected chi connectivity index (χ4v) is 4.31. The van der Waals surface area contributed by atoms with Crippen LogP contribution < -0.4 is 9.46 Å². The number of unbranched alkanes of at least 4 members (excludes halogenated alkanes) is 3. The lowest BCUT2D eigenvalue weighted by Gasteiger charge is -2.11. The van der Waals surface area contributed by atoms with Gasteiger partial charge in [0.2, 0.25) is 15.9 Å². The molecular weight excluding hydrogens is 507 g/mol. The molecule has 1 amide bonds. The molecule has 0 saturated heterocycles. The highest BCUT2D eigenvalue weighted by Crippen LogP contribution is 2.32. The summed E-state index contributed by atoms with van der Waals surface area (Å²) in [6.07, 6.45) is 1.61. The Morgan fingerprint density at radius 1 is 1.17 bits per heavy atom. The third kappa shape index (κ3) is 9.56. The number of sulfonamides is 1. The normalized spacial score (nSPS) is 12.3. The number of alkyl halides is 3. The molecule has 0 spiro atoms. The molecule has 1 N–H and O–H groups in total. The van der Waals surface area contributed by atoms with Gasteiger partial charge in [0.05, 0.1) is 30.2 Å². The summed E-state index contributed by atoms with van der Waals surface area (Å²) in [5.41, 5.74) is -0.112. The molecule has 0 saturated carbocycles. The molecule has 7 nitrogen and oxygen atoms in total. The molecule has 1 aromatic carbocycles. The van der Waals surface area contributed by atoms with Crippen LogP contribution in [0.1, 0.15) is 62.8 Å². The van der Waals surface area contributed by atoms with E-state index in [0.29, 0.717) is 24.3 Å². The number of ether oxygens (including phenoxy) is 1. The van der Waals surface area contributed by atoms with E-state index in [1.54, 1.807) is 6.07 Å². The third-order valence-corrected chi connectivity index (χ3v) is 6.61. The Balaban J connectivity index is 2.23. The fraction of sp³-hybridized carbons (Fsp3) is 0.478. The molecule has 0 unspecified atom stereocenters. The van der Waals surface area contributed by atoms with Crippen LogP contribution in [0.4, 0.5) is 13.2 Å². The molecule has 194 valence electrons. The van der Waals surface area contributed by atoms with E-state index >= 15 is 0 Å². The van der Waals surface area contributed by atoms with E-state index in [0.717, 1.165) is 43.9 Å². The summed E-state index contributed by atoms with van der Waals surface area (Å²) < 4.78 is 71.9. The van der Waals surface area contributed by atoms with Crippen molar-refractivity contribution < 1.29 is 31.1 Å². The van der Waals surface area contributed by atoms with Crippen molar-refractivity contribution in [1.82, 2.24) is 14.5 Å². The summed E-state index contributed by atoms with van der Waals surface area (Å²) >= 11 is 6.08. The molecule has 0 bridgehead atoms. The average Bonchev–Trinajstić information content (AvgIpc) is 3.14. The summed E-state index contributed by atoms with van der Waals surface area (Å²) in [6, 6.07) is 4.57. The van der Waals surface area contributed by atoms with Crippen molar-refractivity contribution in [1.29, 1.82) is 0 Å². The average molecular weight is 536 g/mol. The Morgan fingerprint density at radius 2 is 1.89 bits per heavy atom. The van der Waals surface area contributed by atoms with E-state index in [2.05, 4.69) is 5.10 Å².